The smallest absolute Gasteiger partial charge is 0.261 e. The molecule has 0 spiro atoms. The highest BCUT2D eigenvalue weighted by Crippen LogP contribution is 2.24. The Balaban J connectivity index is 1.73. The number of rotatable bonds is 5. The third-order valence-corrected chi connectivity index (χ3v) is 6.26. The summed E-state index contributed by atoms with van der Waals surface area (Å²) in [4.78, 5) is 12.7. The summed E-state index contributed by atoms with van der Waals surface area (Å²) in [5.74, 6) is 0.303. The van der Waals surface area contributed by atoms with Crippen molar-refractivity contribution in [2.24, 2.45) is 5.92 Å². The highest BCUT2D eigenvalue weighted by molar-refractivity contribution is 7.92. The summed E-state index contributed by atoms with van der Waals surface area (Å²) in [6.45, 7) is 2.16. The van der Waals surface area contributed by atoms with E-state index in [1.165, 1.54) is 18.6 Å². The topological polar surface area (TPSA) is 75.3 Å². The Kier molecular flexibility index (Phi) is 5.61. The van der Waals surface area contributed by atoms with Crippen molar-refractivity contribution >= 4 is 21.6 Å². The summed E-state index contributed by atoms with van der Waals surface area (Å²) in [6, 6.07) is 14.9. The van der Waals surface area contributed by atoms with Crippen LogP contribution in [0.3, 0.4) is 0 Å². The Hall–Kier alpha value is -2.34. The van der Waals surface area contributed by atoms with Gasteiger partial charge in [0.05, 0.1) is 4.90 Å². The van der Waals surface area contributed by atoms with Gasteiger partial charge < -0.3 is 5.32 Å². The average molecular weight is 372 g/mol. The van der Waals surface area contributed by atoms with E-state index in [2.05, 4.69) is 17.0 Å². The second-order valence-corrected chi connectivity index (χ2v) is 8.52. The van der Waals surface area contributed by atoms with Gasteiger partial charge in [-0.2, -0.15) is 0 Å². The lowest BCUT2D eigenvalue weighted by Crippen LogP contribution is -2.41. The van der Waals surface area contributed by atoms with Gasteiger partial charge in [-0.1, -0.05) is 44.0 Å². The maximum absolute atomic E-state index is 12.6. The predicted octanol–water partition coefficient (Wildman–Crippen LogP) is 3.80. The molecular weight excluding hydrogens is 348 g/mol. The van der Waals surface area contributed by atoms with Gasteiger partial charge in [-0.05, 0) is 49.1 Å². The number of carbonyl (C=O) groups excluding carboxylic acids is 1. The minimum Gasteiger partial charge on any atom is -0.349 e. The highest BCUT2D eigenvalue weighted by atomic mass is 32.2. The van der Waals surface area contributed by atoms with Crippen LogP contribution in [0.5, 0.6) is 0 Å². The lowest BCUT2D eigenvalue weighted by molar-refractivity contribution is 0.0910. The number of hydrogen-bond donors (Lipinski definition) is 2. The molecule has 1 aliphatic carbocycles. The second kappa shape index (κ2) is 7.91. The molecule has 2 aromatic rings. The van der Waals surface area contributed by atoms with E-state index in [0.717, 1.165) is 19.3 Å². The normalized spacial score (nSPS) is 20.3. The minimum absolute atomic E-state index is 0.162. The lowest BCUT2D eigenvalue weighted by Gasteiger charge is -2.29. The second-order valence-electron chi connectivity index (χ2n) is 6.84. The van der Waals surface area contributed by atoms with Crippen molar-refractivity contribution in [2.45, 2.75) is 43.5 Å². The first kappa shape index (κ1) is 18.5. The zero-order valence-electron chi connectivity index (χ0n) is 14.8. The maximum atomic E-state index is 12.6. The van der Waals surface area contributed by atoms with Crippen molar-refractivity contribution in [1.29, 1.82) is 0 Å². The van der Waals surface area contributed by atoms with Crippen LogP contribution in [0.2, 0.25) is 0 Å². The highest BCUT2D eigenvalue weighted by Gasteiger charge is 2.23. The molecule has 1 amide bonds. The number of benzene rings is 2. The summed E-state index contributed by atoms with van der Waals surface area (Å²) in [5.41, 5.74) is 0.828. The number of nitrogens with one attached hydrogen (secondary N) is 2. The minimum atomic E-state index is -3.67. The summed E-state index contributed by atoms with van der Waals surface area (Å²) in [6.07, 6.45) is 4.46. The van der Waals surface area contributed by atoms with Crippen molar-refractivity contribution in [3.8, 4) is 0 Å². The predicted molar refractivity (Wildman–Crippen MR) is 103 cm³/mol. The summed E-state index contributed by atoms with van der Waals surface area (Å²) in [5, 5.41) is 3.09. The Bertz CT molecular complexity index is 866. The van der Waals surface area contributed by atoms with Crippen LogP contribution in [-0.2, 0) is 10.0 Å². The number of anilines is 1. The molecule has 26 heavy (non-hydrogen) atoms. The van der Waals surface area contributed by atoms with E-state index in [-0.39, 0.29) is 16.8 Å². The van der Waals surface area contributed by atoms with Crippen molar-refractivity contribution in [3.05, 3.63) is 60.2 Å². The molecule has 0 bridgehead atoms. The van der Waals surface area contributed by atoms with Crippen LogP contribution in [0.4, 0.5) is 5.69 Å². The fraction of sp³-hybridized carbons (Fsp3) is 0.350. The fourth-order valence-corrected chi connectivity index (χ4v) is 4.39. The van der Waals surface area contributed by atoms with E-state index in [4.69, 9.17) is 0 Å². The van der Waals surface area contributed by atoms with E-state index in [0.29, 0.717) is 17.2 Å². The van der Waals surface area contributed by atoms with Crippen LogP contribution in [0.25, 0.3) is 0 Å². The lowest BCUT2D eigenvalue weighted by atomic mass is 9.86. The fourth-order valence-electron chi connectivity index (χ4n) is 3.32. The molecule has 138 valence electrons. The molecule has 0 unspecified atom stereocenters. The van der Waals surface area contributed by atoms with Gasteiger partial charge in [0.25, 0.3) is 15.9 Å². The SMILES string of the molecule is C[C@H]1CCCC[C@@H]1NC(=O)c1cccc(NS(=O)(=O)c2ccccc2)c1. The molecule has 1 fully saturated rings. The van der Waals surface area contributed by atoms with E-state index in [1.54, 1.807) is 42.5 Å². The Labute approximate surface area is 154 Å². The Morgan fingerprint density at radius 2 is 1.73 bits per heavy atom. The molecule has 0 heterocycles. The molecule has 1 saturated carbocycles. The first-order valence-electron chi connectivity index (χ1n) is 8.94. The van der Waals surface area contributed by atoms with Crippen molar-refractivity contribution in [1.82, 2.24) is 5.32 Å². The molecule has 6 heteroatoms. The van der Waals surface area contributed by atoms with Crippen molar-refractivity contribution in [3.63, 3.8) is 0 Å². The van der Waals surface area contributed by atoms with Gasteiger partial charge in [0, 0.05) is 17.3 Å². The van der Waals surface area contributed by atoms with Gasteiger partial charge in [0.1, 0.15) is 0 Å². The Morgan fingerprint density at radius 1 is 1.00 bits per heavy atom. The number of carbonyl (C=O) groups is 1. The molecular formula is C20H24N2O3S. The van der Waals surface area contributed by atoms with Gasteiger partial charge in [0.2, 0.25) is 0 Å². The molecule has 0 aliphatic heterocycles. The third-order valence-electron chi connectivity index (χ3n) is 4.86. The molecule has 1 aliphatic rings. The monoisotopic (exact) mass is 372 g/mol. The van der Waals surface area contributed by atoms with E-state index < -0.39 is 10.0 Å². The molecule has 2 N–H and O–H groups in total. The van der Waals surface area contributed by atoms with Crippen molar-refractivity contribution < 1.29 is 13.2 Å². The number of hydrogen-bond acceptors (Lipinski definition) is 3. The standard InChI is InChI=1S/C20H24N2O3S/c1-15-8-5-6-13-19(15)21-20(23)16-9-7-10-17(14-16)22-26(24,25)18-11-3-2-4-12-18/h2-4,7,9-12,14-15,19,22H,5-6,8,13H2,1H3,(H,21,23)/t15-,19-/m0/s1. The Morgan fingerprint density at radius 3 is 2.46 bits per heavy atom. The summed E-state index contributed by atoms with van der Waals surface area (Å²) in [7, 11) is -3.67. The quantitative estimate of drug-likeness (QED) is 0.838. The van der Waals surface area contributed by atoms with E-state index >= 15 is 0 Å². The van der Waals surface area contributed by atoms with Crippen LogP contribution in [0.1, 0.15) is 43.0 Å². The van der Waals surface area contributed by atoms with Crippen LogP contribution < -0.4 is 10.0 Å². The van der Waals surface area contributed by atoms with Crippen LogP contribution in [0, 0.1) is 5.92 Å². The van der Waals surface area contributed by atoms with Gasteiger partial charge in [0.15, 0.2) is 0 Å². The van der Waals surface area contributed by atoms with Crippen LogP contribution in [0.15, 0.2) is 59.5 Å². The largest absolute Gasteiger partial charge is 0.349 e. The summed E-state index contributed by atoms with van der Waals surface area (Å²) >= 11 is 0. The third kappa shape index (κ3) is 4.43. The zero-order chi connectivity index (χ0) is 18.6. The van der Waals surface area contributed by atoms with Gasteiger partial charge in [-0.15, -0.1) is 0 Å². The molecule has 0 saturated heterocycles. The first-order valence-corrected chi connectivity index (χ1v) is 10.4. The molecule has 3 rings (SSSR count). The molecule has 0 radical (unpaired) electrons. The van der Waals surface area contributed by atoms with Gasteiger partial charge >= 0.3 is 0 Å². The average Bonchev–Trinajstić information content (AvgIpc) is 2.64. The van der Waals surface area contributed by atoms with E-state index in [1.807, 2.05) is 0 Å². The molecule has 0 aromatic heterocycles. The first-order chi connectivity index (χ1) is 12.5. The molecule has 2 atom stereocenters. The van der Waals surface area contributed by atoms with E-state index in [9.17, 15) is 13.2 Å². The number of amides is 1. The van der Waals surface area contributed by atoms with Crippen molar-refractivity contribution in [2.75, 3.05) is 4.72 Å². The van der Waals surface area contributed by atoms with Gasteiger partial charge in [-0.25, -0.2) is 8.42 Å². The van der Waals surface area contributed by atoms with Gasteiger partial charge in [-0.3, -0.25) is 9.52 Å². The molecule has 5 nitrogen and oxygen atoms in total. The number of sulfonamides is 1. The zero-order valence-corrected chi connectivity index (χ0v) is 15.6. The maximum Gasteiger partial charge on any atom is 0.261 e. The summed E-state index contributed by atoms with van der Waals surface area (Å²) < 4.78 is 27.4. The van der Waals surface area contributed by atoms with Crippen LogP contribution >= 0.6 is 0 Å². The van der Waals surface area contributed by atoms with Crippen LogP contribution in [-0.4, -0.2) is 20.4 Å². The molecule has 2 aromatic carbocycles.